The van der Waals surface area contributed by atoms with Gasteiger partial charge in [0.15, 0.2) is 0 Å². The Morgan fingerprint density at radius 3 is 2.89 bits per heavy atom. The van der Waals surface area contributed by atoms with Gasteiger partial charge in [-0.25, -0.2) is 0 Å². The molecule has 2 amide bonds. The molecule has 4 rings (SSSR count). The highest BCUT2D eigenvalue weighted by atomic mass is 16.5. The molecule has 2 fully saturated rings. The zero-order valence-electron chi connectivity index (χ0n) is 15.3. The maximum atomic E-state index is 12.6. The molecule has 8 nitrogen and oxygen atoms in total. The maximum Gasteiger partial charge on any atom is 0.289 e. The van der Waals surface area contributed by atoms with E-state index in [0.29, 0.717) is 37.4 Å². The third-order valence-electron chi connectivity index (χ3n) is 5.33. The van der Waals surface area contributed by atoms with Crippen LogP contribution in [0.25, 0.3) is 0 Å². The minimum absolute atomic E-state index is 0.0761. The summed E-state index contributed by atoms with van der Waals surface area (Å²) in [6.07, 6.45) is 3.20. The molecule has 3 heterocycles. The van der Waals surface area contributed by atoms with E-state index in [1.807, 2.05) is 0 Å². The molecular formula is C20H20N4O4. The smallest absolute Gasteiger partial charge is 0.289 e. The van der Waals surface area contributed by atoms with Crippen LogP contribution in [0, 0.1) is 17.2 Å². The quantitative estimate of drug-likeness (QED) is 0.863. The molecule has 144 valence electrons. The Bertz CT molecular complexity index is 903. The van der Waals surface area contributed by atoms with E-state index in [1.165, 1.54) is 12.3 Å². The van der Waals surface area contributed by atoms with Gasteiger partial charge in [0.2, 0.25) is 5.76 Å². The molecule has 0 aliphatic carbocycles. The first-order chi connectivity index (χ1) is 13.6. The molecule has 0 saturated carbocycles. The number of nitriles is 1. The summed E-state index contributed by atoms with van der Waals surface area (Å²) in [5, 5.41) is 15.3. The molecule has 2 saturated heterocycles. The molecule has 1 atom stereocenters. The fourth-order valence-corrected chi connectivity index (χ4v) is 3.68. The van der Waals surface area contributed by atoms with E-state index in [0.717, 1.165) is 12.8 Å². The number of rotatable bonds is 4. The summed E-state index contributed by atoms with van der Waals surface area (Å²) in [6.45, 7) is 2.17. The number of aromatic nitrogens is 1. The monoisotopic (exact) mass is 380 g/mol. The third-order valence-corrected chi connectivity index (χ3v) is 5.33. The van der Waals surface area contributed by atoms with E-state index in [4.69, 9.17) is 14.5 Å². The molecular weight excluding hydrogens is 360 g/mol. The molecule has 1 spiro atoms. The van der Waals surface area contributed by atoms with Crippen molar-refractivity contribution in [2.45, 2.75) is 18.4 Å². The molecule has 28 heavy (non-hydrogen) atoms. The second-order valence-corrected chi connectivity index (χ2v) is 7.34. The van der Waals surface area contributed by atoms with Gasteiger partial charge < -0.3 is 19.5 Å². The largest absolute Gasteiger partial charge is 0.371 e. The molecule has 1 aromatic heterocycles. The van der Waals surface area contributed by atoms with Gasteiger partial charge >= 0.3 is 0 Å². The lowest BCUT2D eigenvalue weighted by Gasteiger charge is -2.52. The lowest BCUT2D eigenvalue weighted by Crippen LogP contribution is -2.66. The minimum Gasteiger partial charge on any atom is -0.371 e. The van der Waals surface area contributed by atoms with Gasteiger partial charge in [-0.05, 0) is 37.0 Å². The summed E-state index contributed by atoms with van der Waals surface area (Å²) in [6, 6.07) is 10.3. The van der Waals surface area contributed by atoms with Crippen LogP contribution in [0.1, 0.15) is 39.3 Å². The van der Waals surface area contributed by atoms with Crippen LogP contribution >= 0.6 is 0 Å². The van der Waals surface area contributed by atoms with Crippen molar-refractivity contribution in [1.82, 2.24) is 15.4 Å². The van der Waals surface area contributed by atoms with Gasteiger partial charge in [0.05, 0.1) is 37.5 Å². The zero-order chi connectivity index (χ0) is 19.6. The van der Waals surface area contributed by atoms with Crippen molar-refractivity contribution in [2.75, 3.05) is 26.2 Å². The summed E-state index contributed by atoms with van der Waals surface area (Å²) < 4.78 is 10.9. The van der Waals surface area contributed by atoms with E-state index >= 15 is 0 Å². The molecule has 8 heteroatoms. The number of nitrogens with zero attached hydrogens (tertiary/aromatic N) is 3. The van der Waals surface area contributed by atoms with E-state index in [1.54, 1.807) is 29.2 Å². The van der Waals surface area contributed by atoms with Gasteiger partial charge in [0.25, 0.3) is 11.8 Å². The Morgan fingerprint density at radius 2 is 2.21 bits per heavy atom. The maximum absolute atomic E-state index is 12.6. The van der Waals surface area contributed by atoms with Crippen molar-refractivity contribution in [3.05, 3.63) is 53.4 Å². The van der Waals surface area contributed by atoms with E-state index in [9.17, 15) is 9.59 Å². The topological polar surface area (TPSA) is 108 Å². The fourth-order valence-electron chi connectivity index (χ4n) is 3.68. The van der Waals surface area contributed by atoms with Crippen molar-refractivity contribution in [3.63, 3.8) is 0 Å². The first-order valence-electron chi connectivity index (χ1n) is 9.21. The molecule has 1 aromatic carbocycles. The second-order valence-electron chi connectivity index (χ2n) is 7.34. The zero-order valence-corrected chi connectivity index (χ0v) is 15.3. The van der Waals surface area contributed by atoms with Crippen LogP contribution in [-0.2, 0) is 4.74 Å². The number of nitrogens with one attached hydrogen (secondary N) is 1. The number of carbonyl (C=O) groups is 2. The Labute approximate surface area is 162 Å². The Morgan fingerprint density at radius 1 is 1.36 bits per heavy atom. The van der Waals surface area contributed by atoms with Crippen molar-refractivity contribution in [1.29, 1.82) is 5.26 Å². The predicted octanol–water partition coefficient (Wildman–Crippen LogP) is 1.60. The molecule has 2 aliphatic heterocycles. The van der Waals surface area contributed by atoms with Crippen molar-refractivity contribution in [3.8, 4) is 6.07 Å². The van der Waals surface area contributed by atoms with Crippen molar-refractivity contribution in [2.24, 2.45) is 5.92 Å². The Balaban J connectivity index is 1.24. The number of benzene rings is 1. The third kappa shape index (κ3) is 3.62. The summed E-state index contributed by atoms with van der Waals surface area (Å²) >= 11 is 0. The Hall–Kier alpha value is -3.18. The highest BCUT2D eigenvalue weighted by Crippen LogP contribution is 2.36. The number of carbonyl (C=O) groups excluding carboxylic acids is 2. The van der Waals surface area contributed by atoms with Gasteiger partial charge in [0, 0.05) is 18.2 Å². The van der Waals surface area contributed by atoms with Gasteiger partial charge in [-0.3, -0.25) is 9.59 Å². The van der Waals surface area contributed by atoms with E-state index in [2.05, 4.69) is 16.5 Å². The average Bonchev–Trinajstić information content (AvgIpc) is 3.25. The SMILES string of the molecule is N#Cc1cccc(C(=O)N2CC3(CC[C@H](CNC(=O)c4ccno4)CO3)C2)c1. The highest BCUT2D eigenvalue weighted by molar-refractivity contribution is 5.95. The Kier molecular flexibility index (Phi) is 4.84. The van der Waals surface area contributed by atoms with Crippen LogP contribution in [-0.4, -0.2) is 53.7 Å². The molecule has 0 bridgehead atoms. The number of ether oxygens (including phenoxy) is 1. The van der Waals surface area contributed by atoms with Crippen molar-refractivity contribution >= 4 is 11.8 Å². The number of amides is 2. The fraction of sp³-hybridized carbons (Fsp3) is 0.400. The first kappa shape index (κ1) is 18.2. The molecule has 1 N–H and O–H groups in total. The van der Waals surface area contributed by atoms with E-state index < -0.39 is 0 Å². The van der Waals surface area contributed by atoms with Gasteiger partial charge in [-0.1, -0.05) is 11.2 Å². The van der Waals surface area contributed by atoms with Gasteiger partial charge in [-0.15, -0.1) is 0 Å². The standard InChI is InChI=1S/C20H20N4O4/c21-9-14-2-1-3-16(8-14)19(26)24-12-20(13-24)6-4-15(11-27-20)10-22-18(25)17-5-7-23-28-17/h1-3,5,7-8,15H,4,6,10-13H2,(H,22,25)/t15-/m1/s1. The van der Waals surface area contributed by atoms with Crippen LogP contribution in [0.15, 0.2) is 41.1 Å². The lowest BCUT2D eigenvalue weighted by atomic mass is 9.82. The molecule has 0 unspecified atom stereocenters. The van der Waals surface area contributed by atoms with Gasteiger partial charge in [-0.2, -0.15) is 5.26 Å². The first-order valence-corrected chi connectivity index (χ1v) is 9.21. The normalized spacial score (nSPS) is 20.2. The highest BCUT2D eigenvalue weighted by Gasteiger charge is 2.48. The molecule has 0 radical (unpaired) electrons. The van der Waals surface area contributed by atoms with Crippen LogP contribution in [0.5, 0.6) is 0 Å². The summed E-state index contributed by atoms with van der Waals surface area (Å²) in [5.41, 5.74) is 0.719. The number of likely N-dealkylation sites (tertiary alicyclic amines) is 1. The van der Waals surface area contributed by atoms with Crippen LogP contribution in [0.2, 0.25) is 0 Å². The van der Waals surface area contributed by atoms with Gasteiger partial charge in [0.1, 0.15) is 5.60 Å². The van der Waals surface area contributed by atoms with Crippen LogP contribution in [0.3, 0.4) is 0 Å². The van der Waals surface area contributed by atoms with Crippen LogP contribution < -0.4 is 5.32 Å². The number of hydrogen-bond acceptors (Lipinski definition) is 6. The average molecular weight is 380 g/mol. The van der Waals surface area contributed by atoms with Crippen molar-refractivity contribution < 1.29 is 18.8 Å². The summed E-state index contributed by atoms with van der Waals surface area (Å²) in [4.78, 5) is 26.2. The number of hydrogen-bond donors (Lipinski definition) is 1. The molecule has 2 aromatic rings. The van der Waals surface area contributed by atoms with Crippen LogP contribution in [0.4, 0.5) is 0 Å². The predicted molar refractivity (Wildman–Crippen MR) is 97.3 cm³/mol. The lowest BCUT2D eigenvalue weighted by molar-refractivity contribution is -0.166. The summed E-state index contributed by atoms with van der Waals surface area (Å²) in [5.74, 6) is 0.0712. The molecule has 2 aliphatic rings. The van der Waals surface area contributed by atoms with E-state index in [-0.39, 0.29) is 29.1 Å². The summed E-state index contributed by atoms with van der Waals surface area (Å²) in [7, 11) is 0. The second kappa shape index (κ2) is 7.44. The minimum atomic E-state index is -0.284.